The predicted molar refractivity (Wildman–Crippen MR) is 143 cm³/mol. The molecular formula is C27H22F3N7O3S. The number of hydrogen-bond acceptors (Lipinski definition) is 8. The van der Waals surface area contributed by atoms with Crippen LogP contribution in [0.4, 0.5) is 13.2 Å². The maximum atomic E-state index is 15.1. The van der Waals surface area contributed by atoms with Crippen LogP contribution in [0.1, 0.15) is 40.5 Å². The molecular weight excluding hydrogens is 559 g/mol. The maximum Gasteiger partial charge on any atom is 0.280 e. The van der Waals surface area contributed by atoms with E-state index in [9.17, 15) is 18.4 Å². The lowest BCUT2D eigenvalue weighted by Crippen LogP contribution is -2.52. The summed E-state index contributed by atoms with van der Waals surface area (Å²) < 4.78 is 48.4. The zero-order valence-electron chi connectivity index (χ0n) is 21.5. The second-order valence-electron chi connectivity index (χ2n) is 9.53. The normalized spacial score (nSPS) is 17.3. The highest BCUT2D eigenvalue weighted by molar-refractivity contribution is 7.13. The number of carbonyl (C=O) groups is 2. The van der Waals surface area contributed by atoms with Crippen LogP contribution < -0.4 is 5.32 Å². The minimum absolute atomic E-state index is 0.0985. The molecule has 5 heterocycles. The first-order chi connectivity index (χ1) is 19.8. The molecule has 1 fully saturated rings. The number of likely N-dealkylation sites (tertiary alicyclic amines) is 1. The van der Waals surface area contributed by atoms with Gasteiger partial charge in [0.1, 0.15) is 29.1 Å². The Morgan fingerprint density at radius 2 is 1.98 bits per heavy atom. The fourth-order valence-electron chi connectivity index (χ4n) is 5.03. The fraction of sp³-hybridized carbons (Fsp3) is 0.259. The van der Waals surface area contributed by atoms with Gasteiger partial charge in [-0.05, 0) is 24.6 Å². The minimum atomic E-state index is -2.73. The van der Waals surface area contributed by atoms with Crippen molar-refractivity contribution in [2.24, 2.45) is 0 Å². The number of fused-ring (bicyclic) bond motifs is 1. The minimum Gasteiger partial charge on any atom is -0.443 e. The largest absolute Gasteiger partial charge is 0.443 e. The van der Waals surface area contributed by atoms with Crippen LogP contribution in [0.15, 0.2) is 59.6 Å². The summed E-state index contributed by atoms with van der Waals surface area (Å²) in [6, 6.07) is 6.96. The Bertz CT molecular complexity index is 1740. The molecule has 1 N–H and O–H groups in total. The number of imidazole rings is 1. The van der Waals surface area contributed by atoms with Crippen LogP contribution in [0.2, 0.25) is 0 Å². The number of piperidine rings is 1. The molecule has 0 aliphatic carbocycles. The molecule has 14 heteroatoms. The Balaban J connectivity index is 1.42. The molecule has 10 nitrogen and oxygen atoms in total. The third-order valence-corrected chi connectivity index (χ3v) is 7.85. The van der Waals surface area contributed by atoms with Crippen molar-refractivity contribution in [2.45, 2.75) is 31.9 Å². The highest BCUT2D eigenvalue weighted by Gasteiger charge is 2.34. The molecule has 1 saturated heterocycles. The average Bonchev–Trinajstić information content (AvgIpc) is 3.73. The molecule has 0 bridgehead atoms. The molecule has 1 aliphatic heterocycles. The summed E-state index contributed by atoms with van der Waals surface area (Å²) in [6.45, 7) is 1.89. The molecule has 210 valence electrons. The Morgan fingerprint density at radius 1 is 1.15 bits per heavy atom. The summed E-state index contributed by atoms with van der Waals surface area (Å²) in [5.41, 5.74) is 1.78. The van der Waals surface area contributed by atoms with E-state index in [1.165, 1.54) is 25.5 Å². The number of amides is 2. The first-order valence-electron chi connectivity index (χ1n) is 12.6. The molecule has 1 aromatic carbocycles. The summed E-state index contributed by atoms with van der Waals surface area (Å²) in [7, 11) is 0. The van der Waals surface area contributed by atoms with Crippen molar-refractivity contribution >= 4 is 34.2 Å². The van der Waals surface area contributed by atoms with E-state index in [4.69, 9.17) is 9.40 Å². The van der Waals surface area contributed by atoms with E-state index in [2.05, 4.69) is 20.3 Å². The molecule has 0 spiro atoms. The molecule has 0 saturated carbocycles. The summed E-state index contributed by atoms with van der Waals surface area (Å²) >= 11 is 0.614. The monoisotopic (exact) mass is 581 g/mol. The van der Waals surface area contributed by atoms with Crippen molar-refractivity contribution < 1.29 is 27.2 Å². The van der Waals surface area contributed by atoms with Crippen LogP contribution >= 0.6 is 11.3 Å². The van der Waals surface area contributed by atoms with Gasteiger partial charge in [0.15, 0.2) is 5.01 Å². The quantitative estimate of drug-likeness (QED) is 0.304. The number of halogens is 3. The van der Waals surface area contributed by atoms with Crippen LogP contribution in [0.3, 0.4) is 0 Å². The van der Waals surface area contributed by atoms with E-state index in [1.54, 1.807) is 35.4 Å². The standard InChI is InChI=1S/C27H22F3N7O3S/c1-14(38)36-12-15(34-25(39)27-33-11-22(41-27)23(29)30)8-16(13-36)37-21-9-19(26-31-6-7-40-26)32-10-20(21)35-24(37)17-4-2-3-5-18(17)28/h2-7,9-11,15-16,23H,8,12-13H2,1H3,(H,34,39)/t15-,16+/m0/s1. The van der Waals surface area contributed by atoms with E-state index < -0.39 is 30.2 Å². The lowest BCUT2D eigenvalue weighted by Gasteiger charge is -2.38. The van der Waals surface area contributed by atoms with E-state index in [-0.39, 0.29) is 40.3 Å². The Morgan fingerprint density at radius 3 is 2.68 bits per heavy atom. The molecule has 6 rings (SSSR count). The first-order valence-corrected chi connectivity index (χ1v) is 13.4. The third kappa shape index (κ3) is 5.17. The number of alkyl halides is 2. The zero-order valence-corrected chi connectivity index (χ0v) is 22.3. The molecule has 1 aliphatic rings. The number of thiazole rings is 1. The van der Waals surface area contributed by atoms with Gasteiger partial charge in [-0.1, -0.05) is 12.1 Å². The van der Waals surface area contributed by atoms with Crippen molar-refractivity contribution in [1.82, 2.24) is 34.7 Å². The summed E-state index contributed by atoms with van der Waals surface area (Å²) in [4.78, 5) is 43.9. The van der Waals surface area contributed by atoms with Crippen LogP contribution in [0, 0.1) is 5.82 Å². The molecule has 2 amide bonds. The SMILES string of the molecule is CC(=O)N1C[C@@H](NC(=O)c2ncc(C(F)F)s2)C[C@@H](n2c(-c3ccccc3F)nc3cnc(-c4ncco4)cc32)C1. The van der Waals surface area contributed by atoms with Gasteiger partial charge in [-0.2, -0.15) is 0 Å². The lowest BCUT2D eigenvalue weighted by molar-refractivity contribution is -0.130. The van der Waals surface area contributed by atoms with Crippen LogP contribution in [-0.2, 0) is 4.79 Å². The van der Waals surface area contributed by atoms with Gasteiger partial charge >= 0.3 is 0 Å². The molecule has 0 radical (unpaired) electrons. The Kier molecular flexibility index (Phi) is 6.99. The molecule has 0 unspecified atom stereocenters. The van der Waals surface area contributed by atoms with Gasteiger partial charge in [-0.15, -0.1) is 11.3 Å². The number of carbonyl (C=O) groups excluding carboxylic acids is 2. The molecule has 41 heavy (non-hydrogen) atoms. The van der Waals surface area contributed by atoms with E-state index in [1.807, 2.05) is 4.57 Å². The van der Waals surface area contributed by atoms with Gasteiger partial charge in [0.25, 0.3) is 12.3 Å². The zero-order chi connectivity index (χ0) is 28.7. The number of nitrogens with one attached hydrogen (secondary N) is 1. The van der Waals surface area contributed by atoms with Gasteiger partial charge in [-0.25, -0.2) is 33.1 Å². The number of hydrogen-bond donors (Lipinski definition) is 1. The maximum absolute atomic E-state index is 15.1. The number of rotatable bonds is 6. The average molecular weight is 582 g/mol. The highest BCUT2D eigenvalue weighted by Crippen LogP contribution is 2.35. The van der Waals surface area contributed by atoms with E-state index in [0.29, 0.717) is 40.3 Å². The van der Waals surface area contributed by atoms with Gasteiger partial charge in [0.05, 0.1) is 34.4 Å². The molecule has 2 atom stereocenters. The van der Waals surface area contributed by atoms with Crippen molar-refractivity contribution in [2.75, 3.05) is 13.1 Å². The predicted octanol–water partition coefficient (Wildman–Crippen LogP) is 4.88. The van der Waals surface area contributed by atoms with Gasteiger partial charge in [0.2, 0.25) is 11.8 Å². The van der Waals surface area contributed by atoms with Gasteiger partial charge in [0, 0.05) is 32.3 Å². The van der Waals surface area contributed by atoms with E-state index in [0.717, 1.165) is 6.20 Å². The highest BCUT2D eigenvalue weighted by atomic mass is 32.1. The Hall–Kier alpha value is -4.59. The van der Waals surface area contributed by atoms with Crippen molar-refractivity contribution in [3.8, 4) is 23.0 Å². The lowest BCUT2D eigenvalue weighted by atomic mass is 9.99. The second-order valence-corrected chi connectivity index (χ2v) is 10.6. The van der Waals surface area contributed by atoms with Crippen LogP contribution in [-0.4, -0.2) is 60.3 Å². The van der Waals surface area contributed by atoms with Gasteiger partial charge in [-0.3, -0.25) is 9.59 Å². The fourth-order valence-corrected chi connectivity index (χ4v) is 5.70. The first kappa shape index (κ1) is 26.6. The van der Waals surface area contributed by atoms with Crippen LogP contribution in [0.5, 0.6) is 0 Å². The van der Waals surface area contributed by atoms with Crippen molar-refractivity contribution in [3.05, 3.63) is 70.9 Å². The summed E-state index contributed by atoms with van der Waals surface area (Å²) in [6.07, 6.45) is 3.05. The number of oxazole rings is 1. The van der Waals surface area contributed by atoms with Crippen LogP contribution in [0.25, 0.3) is 34.0 Å². The van der Waals surface area contributed by atoms with E-state index >= 15 is 4.39 Å². The number of benzene rings is 1. The number of nitrogens with zero attached hydrogens (tertiary/aromatic N) is 6. The second kappa shape index (κ2) is 10.8. The summed E-state index contributed by atoms with van der Waals surface area (Å²) in [5, 5.41) is 2.74. The molecule has 5 aromatic rings. The molecule has 4 aromatic heterocycles. The smallest absolute Gasteiger partial charge is 0.280 e. The number of aromatic nitrogens is 5. The third-order valence-electron chi connectivity index (χ3n) is 6.85. The van der Waals surface area contributed by atoms with Crippen molar-refractivity contribution in [1.29, 1.82) is 0 Å². The summed E-state index contributed by atoms with van der Waals surface area (Å²) in [5.74, 6) is -0.699. The topological polar surface area (TPSA) is 119 Å². The Labute approximate surface area is 234 Å². The van der Waals surface area contributed by atoms with Crippen molar-refractivity contribution in [3.63, 3.8) is 0 Å². The van der Waals surface area contributed by atoms with Gasteiger partial charge < -0.3 is 19.2 Å². The number of pyridine rings is 1.